The number of benzene rings is 1. The number of esters is 1. The molecule has 3 N–H and O–H groups in total. The third-order valence-corrected chi connectivity index (χ3v) is 3.70. The zero-order chi connectivity index (χ0) is 16.0. The Labute approximate surface area is 126 Å². The monoisotopic (exact) mass is 314 g/mol. The van der Waals surface area contributed by atoms with Gasteiger partial charge in [-0.1, -0.05) is 11.8 Å². The lowest BCUT2D eigenvalue weighted by Gasteiger charge is -2.19. The van der Waals surface area contributed by atoms with Gasteiger partial charge in [-0.3, -0.25) is 4.79 Å². The molecule has 2 atom stereocenters. The quantitative estimate of drug-likeness (QED) is 0.679. The van der Waals surface area contributed by atoms with E-state index in [0.29, 0.717) is 5.75 Å². The Bertz CT molecular complexity index is 516. The number of rotatable bonds is 6. The van der Waals surface area contributed by atoms with Gasteiger partial charge in [0, 0.05) is 18.2 Å². The van der Waals surface area contributed by atoms with Gasteiger partial charge in [0.1, 0.15) is 11.9 Å². The van der Waals surface area contributed by atoms with E-state index in [-0.39, 0.29) is 28.4 Å². The van der Waals surface area contributed by atoms with Crippen molar-refractivity contribution in [1.82, 2.24) is 0 Å². The summed E-state index contributed by atoms with van der Waals surface area (Å²) in [6.45, 7) is 1.42. The van der Waals surface area contributed by atoms with Crippen LogP contribution < -0.4 is 0 Å². The molecule has 0 radical (unpaired) electrons. The van der Waals surface area contributed by atoms with Crippen LogP contribution in [0.15, 0.2) is 18.2 Å². The van der Waals surface area contributed by atoms with Gasteiger partial charge in [0.25, 0.3) is 0 Å². The molecule has 2 unspecified atom stereocenters. The van der Waals surface area contributed by atoms with Crippen molar-refractivity contribution >= 4 is 22.8 Å². The molecule has 21 heavy (non-hydrogen) atoms. The summed E-state index contributed by atoms with van der Waals surface area (Å²) >= 11 is 1.04. The molecule has 0 aliphatic heterocycles. The summed E-state index contributed by atoms with van der Waals surface area (Å²) in [4.78, 5) is 22.2. The Hall–Kier alpha value is -1.57. The number of carbonyl (C=O) groups excluding carboxylic acids is 2. The largest absolute Gasteiger partial charge is 0.508 e. The summed E-state index contributed by atoms with van der Waals surface area (Å²) in [7, 11) is 1.22. The van der Waals surface area contributed by atoms with Gasteiger partial charge in [0.05, 0.1) is 18.8 Å². The number of phenols is 1. The Morgan fingerprint density at radius 1 is 1.33 bits per heavy atom. The second kappa shape index (κ2) is 8.02. The van der Waals surface area contributed by atoms with E-state index in [2.05, 4.69) is 4.74 Å². The fourth-order valence-corrected chi connectivity index (χ4v) is 2.37. The first kappa shape index (κ1) is 17.5. The van der Waals surface area contributed by atoms with Crippen molar-refractivity contribution in [2.24, 2.45) is 0 Å². The van der Waals surface area contributed by atoms with E-state index in [1.807, 2.05) is 0 Å². The van der Waals surface area contributed by atoms with Crippen molar-refractivity contribution in [2.45, 2.75) is 25.6 Å². The molecule has 116 valence electrons. The van der Waals surface area contributed by atoms with Gasteiger partial charge in [-0.05, 0) is 24.6 Å². The van der Waals surface area contributed by atoms with Gasteiger partial charge < -0.3 is 20.1 Å². The molecule has 1 aromatic rings. The highest BCUT2D eigenvalue weighted by atomic mass is 32.2. The van der Waals surface area contributed by atoms with Gasteiger partial charge in [0.15, 0.2) is 5.12 Å². The molecular weight excluding hydrogens is 296 g/mol. The number of methoxy groups -OCH3 is 1. The molecule has 0 spiro atoms. The predicted octanol–water partition coefficient (Wildman–Crippen LogP) is 1.24. The Balaban J connectivity index is 2.82. The van der Waals surface area contributed by atoms with Crippen LogP contribution in [0.25, 0.3) is 0 Å². The van der Waals surface area contributed by atoms with E-state index in [0.717, 1.165) is 11.8 Å². The van der Waals surface area contributed by atoms with Crippen LogP contribution in [0.5, 0.6) is 5.75 Å². The average Bonchev–Trinajstić information content (AvgIpc) is 2.45. The first-order chi connectivity index (χ1) is 9.86. The van der Waals surface area contributed by atoms with Crippen LogP contribution in [0.4, 0.5) is 0 Å². The summed E-state index contributed by atoms with van der Waals surface area (Å²) < 4.78 is 4.56. The van der Waals surface area contributed by atoms with Crippen LogP contribution in [0, 0.1) is 0 Å². The van der Waals surface area contributed by atoms with Gasteiger partial charge in [-0.25, -0.2) is 4.79 Å². The SMILES string of the molecule is COC(=O)c1ccc(O)c(C(O)C(O)CCSC(C)=O)c1. The minimum atomic E-state index is -1.36. The molecule has 0 saturated carbocycles. The molecule has 0 heterocycles. The number of hydrogen-bond donors (Lipinski definition) is 3. The lowest BCUT2D eigenvalue weighted by Crippen LogP contribution is -2.19. The Kier molecular flexibility index (Phi) is 6.67. The standard InChI is InChI=1S/C14H18O6S/c1-8(15)21-6-5-12(17)13(18)10-7-9(14(19)20-2)3-4-11(10)16/h3-4,7,12-13,16-18H,5-6H2,1-2H3. The summed E-state index contributed by atoms with van der Waals surface area (Å²) in [5.74, 6) is -0.483. The fraction of sp³-hybridized carbons (Fsp3) is 0.429. The zero-order valence-electron chi connectivity index (χ0n) is 11.8. The van der Waals surface area contributed by atoms with Crippen LogP contribution in [-0.2, 0) is 9.53 Å². The number of aliphatic hydroxyl groups is 2. The molecule has 0 aliphatic carbocycles. The first-order valence-electron chi connectivity index (χ1n) is 6.27. The van der Waals surface area contributed by atoms with E-state index >= 15 is 0 Å². The predicted molar refractivity (Wildman–Crippen MR) is 78.2 cm³/mol. The average molecular weight is 314 g/mol. The number of thioether (sulfide) groups is 1. The van der Waals surface area contributed by atoms with Crippen LogP contribution in [0.2, 0.25) is 0 Å². The van der Waals surface area contributed by atoms with Crippen molar-refractivity contribution < 1.29 is 29.6 Å². The maximum atomic E-state index is 11.4. The van der Waals surface area contributed by atoms with Crippen LogP contribution >= 0.6 is 11.8 Å². The van der Waals surface area contributed by atoms with E-state index in [4.69, 9.17) is 0 Å². The summed E-state index contributed by atoms with van der Waals surface area (Å²) in [6.07, 6.45) is -2.34. The second-order valence-electron chi connectivity index (χ2n) is 4.41. The molecule has 1 rings (SSSR count). The number of ether oxygens (including phenoxy) is 1. The Morgan fingerprint density at radius 3 is 2.57 bits per heavy atom. The van der Waals surface area contributed by atoms with Gasteiger partial charge >= 0.3 is 5.97 Å². The molecule has 7 heteroatoms. The fourth-order valence-electron chi connectivity index (χ4n) is 1.72. The number of carbonyl (C=O) groups is 2. The van der Waals surface area contributed by atoms with E-state index in [1.54, 1.807) is 0 Å². The van der Waals surface area contributed by atoms with Crippen molar-refractivity contribution in [1.29, 1.82) is 0 Å². The smallest absolute Gasteiger partial charge is 0.337 e. The van der Waals surface area contributed by atoms with Gasteiger partial charge in [0.2, 0.25) is 0 Å². The normalized spacial score (nSPS) is 13.5. The number of aliphatic hydroxyl groups excluding tert-OH is 2. The van der Waals surface area contributed by atoms with Crippen LogP contribution in [0.3, 0.4) is 0 Å². The lowest BCUT2D eigenvalue weighted by molar-refractivity contribution is -0.109. The molecule has 6 nitrogen and oxygen atoms in total. The number of phenolic OH excluding ortho intramolecular Hbond substituents is 1. The lowest BCUT2D eigenvalue weighted by atomic mass is 9.99. The van der Waals surface area contributed by atoms with Crippen molar-refractivity contribution in [3.05, 3.63) is 29.3 Å². The summed E-state index contributed by atoms with van der Waals surface area (Å²) in [5.41, 5.74) is 0.202. The van der Waals surface area contributed by atoms with Crippen molar-refractivity contribution in [2.75, 3.05) is 12.9 Å². The first-order valence-corrected chi connectivity index (χ1v) is 7.26. The maximum Gasteiger partial charge on any atom is 0.337 e. The minimum absolute atomic E-state index is 0.0400. The highest BCUT2D eigenvalue weighted by Gasteiger charge is 2.22. The van der Waals surface area contributed by atoms with Crippen LogP contribution in [0.1, 0.15) is 35.4 Å². The van der Waals surface area contributed by atoms with E-state index in [9.17, 15) is 24.9 Å². The molecule has 1 aromatic carbocycles. The highest BCUT2D eigenvalue weighted by Crippen LogP contribution is 2.29. The number of aromatic hydroxyl groups is 1. The summed E-state index contributed by atoms with van der Waals surface area (Å²) in [6, 6.07) is 3.88. The summed E-state index contributed by atoms with van der Waals surface area (Å²) in [5, 5.41) is 29.6. The molecular formula is C14H18O6S. The van der Waals surface area contributed by atoms with E-state index in [1.165, 1.54) is 32.2 Å². The third-order valence-electron chi connectivity index (χ3n) is 2.85. The molecule has 0 aliphatic rings. The molecule has 0 saturated heterocycles. The third kappa shape index (κ3) is 5.04. The number of hydrogen-bond acceptors (Lipinski definition) is 7. The minimum Gasteiger partial charge on any atom is -0.508 e. The Morgan fingerprint density at radius 2 is 2.00 bits per heavy atom. The van der Waals surface area contributed by atoms with Crippen molar-refractivity contribution in [3.63, 3.8) is 0 Å². The molecule has 0 bridgehead atoms. The van der Waals surface area contributed by atoms with Crippen LogP contribution in [-0.4, -0.2) is 45.4 Å². The van der Waals surface area contributed by atoms with Gasteiger partial charge in [-0.2, -0.15) is 0 Å². The van der Waals surface area contributed by atoms with E-state index < -0.39 is 18.2 Å². The topological polar surface area (TPSA) is 104 Å². The highest BCUT2D eigenvalue weighted by molar-refractivity contribution is 8.13. The van der Waals surface area contributed by atoms with Gasteiger partial charge in [-0.15, -0.1) is 0 Å². The molecule has 0 fully saturated rings. The maximum absolute atomic E-state index is 11.4. The van der Waals surface area contributed by atoms with Crippen molar-refractivity contribution in [3.8, 4) is 5.75 Å². The molecule has 0 aromatic heterocycles. The molecule has 0 amide bonds. The zero-order valence-corrected chi connectivity index (χ0v) is 12.6. The second-order valence-corrected chi connectivity index (χ2v) is 5.68.